The SMILES string of the molecule is Cc1cccc(C2c3ccccc3CCN2C)c1. The molecule has 0 aliphatic carbocycles. The Balaban J connectivity index is 2.10. The number of nitrogens with zero attached hydrogens (tertiary/aromatic N) is 1. The largest absolute Gasteiger partial charge is 0.295 e. The summed E-state index contributed by atoms with van der Waals surface area (Å²) in [4.78, 5) is 2.46. The van der Waals surface area contributed by atoms with Crippen LogP contribution in [0.4, 0.5) is 0 Å². The van der Waals surface area contributed by atoms with Crippen molar-refractivity contribution >= 4 is 0 Å². The first-order chi connectivity index (χ1) is 8.75. The molecule has 1 nitrogen and oxygen atoms in total. The van der Waals surface area contributed by atoms with E-state index in [1.54, 1.807) is 0 Å². The zero-order valence-corrected chi connectivity index (χ0v) is 11.1. The van der Waals surface area contributed by atoms with E-state index in [4.69, 9.17) is 0 Å². The summed E-state index contributed by atoms with van der Waals surface area (Å²) in [6.07, 6.45) is 1.16. The third-order valence-electron chi connectivity index (χ3n) is 3.88. The molecule has 92 valence electrons. The van der Waals surface area contributed by atoms with Crippen molar-refractivity contribution in [3.05, 3.63) is 70.8 Å². The molecule has 0 N–H and O–H groups in total. The van der Waals surface area contributed by atoms with E-state index in [0.29, 0.717) is 6.04 Å². The van der Waals surface area contributed by atoms with Crippen molar-refractivity contribution in [1.29, 1.82) is 0 Å². The number of hydrogen-bond donors (Lipinski definition) is 0. The number of rotatable bonds is 1. The van der Waals surface area contributed by atoms with Crippen molar-refractivity contribution in [2.24, 2.45) is 0 Å². The van der Waals surface area contributed by atoms with Crippen molar-refractivity contribution < 1.29 is 0 Å². The molecular weight excluding hydrogens is 218 g/mol. The van der Waals surface area contributed by atoms with Crippen LogP contribution in [0.1, 0.15) is 28.3 Å². The summed E-state index contributed by atoms with van der Waals surface area (Å²) in [6, 6.07) is 18.1. The minimum Gasteiger partial charge on any atom is -0.295 e. The van der Waals surface area contributed by atoms with Gasteiger partial charge in [-0.3, -0.25) is 4.90 Å². The lowest BCUT2D eigenvalue weighted by atomic mass is 9.88. The minimum absolute atomic E-state index is 0.412. The van der Waals surface area contributed by atoms with Gasteiger partial charge in [0.25, 0.3) is 0 Å². The molecule has 1 heteroatoms. The first-order valence-corrected chi connectivity index (χ1v) is 6.60. The lowest BCUT2D eigenvalue weighted by Gasteiger charge is -2.35. The molecule has 2 aromatic carbocycles. The molecule has 3 rings (SSSR count). The molecule has 18 heavy (non-hydrogen) atoms. The van der Waals surface area contributed by atoms with Crippen molar-refractivity contribution in [3.63, 3.8) is 0 Å². The summed E-state index contributed by atoms with van der Waals surface area (Å²) < 4.78 is 0. The van der Waals surface area contributed by atoms with E-state index in [0.717, 1.165) is 13.0 Å². The zero-order valence-electron chi connectivity index (χ0n) is 11.1. The van der Waals surface area contributed by atoms with E-state index in [1.807, 2.05) is 0 Å². The van der Waals surface area contributed by atoms with Gasteiger partial charge in [0.1, 0.15) is 0 Å². The van der Waals surface area contributed by atoms with Crippen LogP contribution in [0.15, 0.2) is 48.5 Å². The number of hydrogen-bond acceptors (Lipinski definition) is 1. The average Bonchev–Trinajstić information content (AvgIpc) is 2.38. The normalized spacial score (nSPS) is 19.6. The second-order valence-corrected chi connectivity index (χ2v) is 5.25. The van der Waals surface area contributed by atoms with Crippen LogP contribution in [-0.2, 0) is 6.42 Å². The van der Waals surface area contributed by atoms with Gasteiger partial charge in [-0.1, -0.05) is 54.1 Å². The molecule has 0 radical (unpaired) electrons. The van der Waals surface area contributed by atoms with Gasteiger partial charge in [0.2, 0.25) is 0 Å². The van der Waals surface area contributed by atoms with Crippen LogP contribution in [0.25, 0.3) is 0 Å². The molecule has 0 saturated heterocycles. The summed E-state index contributed by atoms with van der Waals surface area (Å²) in [5, 5.41) is 0. The number of fused-ring (bicyclic) bond motifs is 1. The Bertz CT molecular complexity index is 559. The molecular formula is C17H19N. The highest BCUT2D eigenvalue weighted by Gasteiger charge is 2.25. The molecule has 1 atom stereocenters. The van der Waals surface area contributed by atoms with E-state index in [1.165, 1.54) is 22.3 Å². The summed E-state index contributed by atoms with van der Waals surface area (Å²) >= 11 is 0. The maximum atomic E-state index is 2.46. The fourth-order valence-corrected chi connectivity index (χ4v) is 2.97. The smallest absolute Gasteiger partial charge is 0.0602 e. The molecule has 2 aromatic rings. The van der Waals surface area contributed by atoms with Crippen molar-refractivity contribution in [2.75, 3.05) is 13.6 Å². The Morgan fingerprint density at radius 1 is 1.06 bits per heavy atom. The van der Waals surface area contributed by atoms with Gasteiger partial charge in [-0.05, 0) is 37.1 Å². The van der Waals surface area contributed by atoms with E-state index in [-0.39, 0.29) is 0 Å². The van der Waals surface area contributed by atoms with Crippen LogP contribution in [0.2, 0.25) is 0 Å². The topological polar surface area (TPSA) is 3.24 Å². The van der Waals surface area contributed by atoms with Crippen LogP contribution in [0, 0.1) is 6.92 Å². The minimum atomic E-state index is 0.412. The maximum Gasteiger partial charge on any atom is 0.0602 e. The molecule has 0 bridgehead atoms. The first kappa shape index (κ1) is 11.5. The Kier molecular flexibility index (Phi) is 2.92. The van der Waals surface area contributed by atoms with Crippen LogP contribution in [0.3, 0.4) is 0 Å². The van der Waals surface area contributed by atoms with Gasteiger partial charge in [-0.15, -0.1) is 0 Å². The fraction of sp³-hybridized carbons (Fsp3) is 0.294. The second kappa shape index (κ2) is 4.58. The van der Waals surface area contributed by atoms with Crippen LogP contribution in [-0.4, -0.2) is 18.5 Å². The number of likely N-dealkylation sites (N-methyl/N-ethyl adjacent to an activating group) is 1. The predicted octanol–water partition coefficient (Wildman–Crippen LogP) is 3.57. The highest BCUT2D eigenvalue weighted by molar-refractivity contribution is 5.40. The van der Waals surface area contributed by atoms with Gasteiger partial charge in [0.05, 0.1) is 6.04 Å². The van der Waals surface area contributed by atoms with E-state index in [2.05, 4.69) is 67.4 Å². The number of aryl methyl sites for hydroxylation is 1. The van der Waals surface area contributed by atoms with Gasteiger partial charge >= 0.3 is 0 Å². The highest BCUT2D eigenvalue weighted by atomic mass is 15.1. The third kappa shape index (κ3) is 1.95. The van der Waals surface area contributed by atoms with Crippen LogP contribution >= 0.6 is 0 Å². The van der Waals surface area contributed by atoms with E-state index >= 15 is 0 Å². The molecule has 0 fully saturated rings. The van der Waals surface area contributed by atoms with Crippen LogP contribution in [0.5, 0.6) is 0 Å². The van der Waals surface area contributed by atoms with Gasteiger partial charge in [0.15, 0.2) is 0 Å². The molecule has 0 aromatic heterocycles. The molecule has 1 aliphatic heterocycles. The van der Waals surface area contributed by atoms with E-state index in [9.17, 15) is 0 Å². The second-order valence-electron chi connectivity index (χ2n) is 5.25. The lowest BCUT2D eigenvalue weighted by Crippen LogP contribution is -2.32. The molecule has 1 aliphatic rings. The summed E-state index contributed by atoms with van der Waals surface area (Å²) in [5.74, 6) is 0. The maximum absolute atomic E-state index is 2.46. The molecule has 0 saturated carbocycles. The first-order valence-electron chi connectivity index (χ1n) is 6.60. The summed E-state index contributed by atoms with van der Waals surface area (Å²) in [7, 11) is 2.23. The van der Waals surface area contributed by atoms with Crippen molar-refractivity contribution in [1.82, 2.24) is 4.90 Å². The summed E-state index contributed by atoms with van der Waals surface area (Å²) in [5.41, 5.74) is 5.72. The summed E-state index contributed by atoms with van der Waals surface area (Å²) in [6.45, 7) is 3.30. The van der Waals surface area contributed by atoms with Gasteiger partial charge < -0.3 is 0 Å². The van der Waals surface area contributed by atoms with Gasteiger partial charge in [-0.25, -0.2) is 0 Å². The predicted molar refractivity (Wildman–Crippen MR) is 75.8 cm³/mol. The standard InChI is InChI=1S/C17H19N/c1-13-6-5-8-15(12-13)17-16-9-4-3-7-14(16)10-11-18(17)2/h3-9,12,17H,10-11H2,1-2H3. The van der Waals surface area contributed by atoms with Gasteiger partial charge in [0, 0.05) is 6.54 Å². The Morgan fingerprint density at radius 2 is 1.89 bits per heavy atom. The molecule has 1 heterocycles. The Labute approximate surface area is 109 Å². The quantitative estimate of drug-likeness (QED) is 0.733. The average molecular weight is 237 g/mol. The Hall–Kier alpha value is -1.60. The van der Waals surface area contributed by atoms with Crippen molar-refractivity contribution in [2.45, 2.75) is 19.4 Å². The zero-order chi connectivity index (χ0) is 12.5. The lowest BCUT2D eigenvalue weighted by molar-refractivity contribution is 0.265. The third-order valence-corrected chi connectivity index (χ3v) is 3.88. The van der Waals surface area contributed by atoms with E-state index < -0.39 is 0 Å². The highest BCUT2D eigenvalue weighted by Crippen LogP contribution is 2.34. The van der Waals surface area contributed by atoms with Crippen LogP contribution < -0.4 is 0 Å². The van der Waals surface area contributed by atoms with Crippen molar-refractivity contribution in [3.8, 4) is 0 Å². The molecule has 0 amide bonds. The Morgan fingerprint density at radius 3 is 2.72 bits per heavy atom. The molecule has 0 spiro atoms. The number of benzene rings is 2. The molecule has 1 unspecified atom stereocenters. The monoisotopic (exact) mass is 237 g/mol. The fourth-order valence-electron chi connectivity index (χ4n) is 2.97. The van der Waals surface area contributed by atoms with Gasteiger partial charge in [-0.2, -0.15) is 0 Å².